The number of pyridine rings is 1. The van der Waals surface area contributed by atoms with Gasteiger partial charge >= 0.3 is 0 Å². The first-order chi connectivity index (χ1) is 8.36. The fourth-order valence-corrected chi connectivity index (χ4v) is 2.04. The molecule has 1 unspecified atom stereocenters. The molecule has 0 fully saturated rings. The molecule has 0 aromatic carbocycles. The molecule has 1 aromatic rings. The number of nitrogens with zero attached hydrogens (tertiary/aromatic N) is 1. The Balaban J connectivity index is 2.89. The summed E-state index contributed by atoms with van der Waals surface area (Å²) < 4.78 is 0. The first-order valence-corrected chi connectivity index (χ1v) is 6.51. The van der Waals surface area contributed by atoms with Gasteiger partial charge < -0.3 is 11.1 Å². The summed E-state index contributed by atoms with van der Waals surface area (Å²) >= 11 is 11.7. The molecule has 4 nitrogen and oxygen atoms in total. The van der Waals surface area contributed by atoms with Crippen LogP contribution < -0.4 is 11.1 Å². The van der Waals surface area contributed by atoms with Crippen LogP contribution in [0, 0.1) is 12.8 Å². The van der Waals surface area contributed by atoms with Crippen molar-refractivity contribution < 1.29 is 4.79 Å². The number of rotatable bonds is 4. The van der Waals surface area contributed by atoms with Crippen LogP contribution in [0.1, 0.15) is 25.8 Å². The number of amides is 1. The monoisotopic (exact) mass is 289 g/mol. The van der Waals surface area contributed by atoms with Gasteiger partial charge in [0, 0.05) is 0 Å². The lowest BCUT2D eigenvalue weighted by Gasteiger charge is -2.18. The van der Waals surface area contributed by atoms with E-state index in [0.29, 0.717) is 10.8 Å². The van der Waals surface area contributed by atoms with E-state index in [-0.39, 0.29) is 17.0 Å². The number of carbonyl (C=O) groups is 1. The number of hydrogen-bond acceptors (Lipinski definition) is 3. The molecule has 1 heterocycles. The summed E-state index contributed by atoms with van der Waals surface area (Å²) in [4.78, 5) is 15.8. The molecule has 100 valence electrons. The van der Waals surface area contributed by atoms with E-state index in [0.717, 1.165) is 12.0 Å². The number of nitrogens with one attached hydrogen (secondary N) is 1. The smallest absolute Gasteiger partial charge is 0.241 e. The van der Waals surface area contributed by atoms with E-state index in [2.05, 4.69) is 10.3 Å². The molecule has 2 atom stereocenters. The number of nitrogens with two attached hydrogens (primary N) is 1. The van der Waals surface area contributed by atoms with Gasteiger partial charge in [-0.3, -0.25) is 4.79 Å². The minimum Gasteiger partial charge on any atom is -0.322 e. The zero-order valence-electron chi connectivity index (χ0n) is 10.6. The van der Waals surface area contributed by atoms with Gasteiger partial charge in [0.05, 0.1) is 11.7 Å². The number of aryl methyl sites for hydroxylation is 1. The van der Waals surface area contributed by atoms with Gasteiger partial charge in [-0.05, 0) is 24.5 Å². The van der Waals surface area contributed by atoms with Crippen molar-refractivity contribution >= 4 is 34.8 Å². The van der Waals surface area contributed by atoms with Crippen molar-refractivity contribution in [3.63, 3.8) is 0 Å². The van der Waals surface area contributed by atoms with E-state index in [9.17, 15) is 4.79 Å². The lowest BCUT2D eigenvalue weighted by atomic mass is 9.99. The molecule has 0 aliphatic rings. The third kappa shape index (κ3) is 3.57. The Kier molecular flexibility index (Phi) is 5.38. The molecule has 0 aliphatic carbocycles. The molecule has 1 amide bonds. The minimum atomic E-state index is -0.568. The van der Waals surface area contributed by atoms with Crippen LogP contribution in [0.25, 0.3) is 0 Å². The van der Waals surface area contributed by atoms with Crippen molar-refractivity contribution in [1.29, 1.82) is 0 Å². The van der Waals surface area contributed by atoms with Gasteiger partial charge in [0.2, 0.25) is 5.91 Å². The molecule has 0 saturated carbocycles. The molecule has 0 spiro atoms. The second-order valence-electron chi connectivity index (χ2n) is 4.33. The average molecular weight is 290 g/mol. The fourth-order valence-electron chi connectivity index (χ4n) is 1.46. The Morgan fingerprint density at radius 1 is 1.56 bits per heavy atom. The Hall–Kier alpha value is -0.840. The van der Waals surface area contributed by atoms with Crippen molar-refractivity contribution in [3.8, 4) is 0 Å². The quantitative estimate of drug-likeness (QED) is 0.837. The zero-order chi connectivity index (χ0) is 13.9. The van der Waals surface area contributed by atoms with Gasteiger partial charge in [0.15, 0.2) is 5.15 Å². The summed E-state index contributed by atoms with van der Waals surface area (Å²) in [5.74, 6) is -0.164. The highest BCUT2D eigenvalue weighted by molar-refractivity contribution is 6.34. The number of halogens is 2. The lowest BCUT2D eigenvalue weighted by molar-refractivity contribution is -0.118. The van der Waals surface area contributed by atoms with Crippen LogP contribution in [0.4, 0.5) is 5.69 Å². The summed E-state index contributed by atoms with van der Waals surface area (Å²) in [6, 6.07) is 1.07. The Morgan fingerprint density at radius 3 is 2.67 bits per heavy atom. The Labute approximate surface area is 117 Å². The highest BCUT2D eigenvalue weighted by atomic mass is 35.5. The topological polar surface area (TPSA) is 68.0 Å². The third-order valence-corrected chi connectivity index (χ3v) is 3.42. The highest BCUT2D eigenvalue weighted by Crippen LogP contribution is 2.26. The lowest BCUT2D eigenvalue weighted by Crippen LogP contribution is -2.40. The zero-order valence-corrected chi connectivity index (χ0v) is 12.1. The summed E-state index contributed by atoms with van der Waals surface area (Å²) in [6.45, 7) is 5.71. The summed E-state index contributed by atoms with van der Waals surface area (Å²) in [7, 11) is 0. The van der Waals surface area contributed by atoms with E-state index < -0.39 is 6.04 Å². The van der Waals surface area contributed by atoms with Crippen molar-refractivity contribution in [2.24, 2.45) is 11.7 Å². The molecule has 1 rings (SSSR count). The van der Waals surface area contributed by atoms with Gasteiger partial charge in [-0.25, -0.2) is 4.98 Å². The molecule has 0 bridgehead atoms. The highest BCUT2D eigenvalue weighted by Gasteiger charge is 2.21. The molecule has 0 saturated heterocycles. The third-order valence-electron chi connectivity index (χ3n) is 2.95. The minimum absolute atomic E-state index is 0.101. The van der Waals surface area contributed by atoms with Gasteiger partial charge in [-0.1, -0.05) is 43.5 Å². The maximum atomic E-state index is 11.9. The van der Waals surface area contributed by atoms with Crippen LogP contribution in [-0.4, -0.2) is 16.9 Å². The van der Waals surface area contributed by atoms with E-state index in [1.54, 1.807) is 13.0 Å². The molecular weight excluding hydrogens is 273 g/mol. The Morgan fingerprint density at radius 2 is 2.17 bits per heavy atom. The molecular formula is C12H17Cl2N3O. The van der Waals surface area contributed by atoms with Crippen molar-refractivity contribution in [3.05, 3.63) is 21.9 Å². The molecule has 0 radical (unpaired) electrons. The van der Waals surface area contributed by atoms with Crippen LogP contribution >= 0.6 is 23.2 Å². The normalized spacial score (nSPS) is 14.1. The number of aromatic nitrogens is 1. The second-order valence-corrected chi connectivity index (χ2v) is 5.07. The van der Waals surface area contributed by atoms with E-state index in [1.165, 1.54) is 0 Å². The molecule has 6 heteroatoms. The standard InChI is InChI=1S/C12H17Cl2N3O/c1-4-6(2)9(15)12(18)17-10-7(3)5-8(13)16-11(10)14/h5-6,9H,4,15H2,1-3H3,(H,17,18)/t6?,9-/m0/s1. The van der Waals surface area contributed by atoms with Crippen molar-refractivity contribution in [1.82, 2.24) is 4.98 Å². The SMILES string of the molecule is CCC(C)[C@H](N)C(=O)Nc1c(C)cc(Cl)nc1Cl. The number of hydrogen-bond donors (Lipinski definition) is 2. The first kappa shape index (κ1) is 15.2. The van der Waals surface area contributed by atoms with Crippen LogP contribution in [-0.2, 0) is 4.79 Å². The maximum Gasteiger partial charge on any atom is 0.241 e. The fraction of sp³-hybridized carbons (Fsp3) is 0.500. The molecule has 1 aromatic heterocycles. The average Bonchev–Trinajstić information content (AvgIpc) is 2.31. The number of anilines is 1. The van der Waals surface area contributed by atoms with Crippen molar-refractivity contribution in [2.45, 2.75) is 33.2 Å². The first-order valence-electron chi connectivity index (χ1n) is 5.75. The summed E-state index contributed by atoms with van der Waals surface area (Å²) in [5, 5.41) is 3.17. The predicted octanol–water partition coefficient (Wildman–Crippen LogP) is 3.01. The summed E-state index contributed by atoms with van der Waals surface area (Å²) in [6.07, 6.45) is 0.834. The predicted molar refractivity (Wildman–Crippen MR) is 75.1 cm³/mol. The van der Waals surface area contributed by atoms with Gasteiger partial charge in [0.25, 0.3) is 0 Å². The summed E-state index contributed by atoms with van der Waals surface area (Å²) in [5.41, 5.74) is 7.06. The van der Waals surface area contributed by atoms with E-state index in [1.807, 2.05) is 13.8 Å². The molecule has 0 aliphatic heterocycles. The molecule has 3 N–H and O–H groups in total. The van der Waals surface area contributed by atoms with Gasteiger partial charge in [0.1, 0.15) is 5.15 Å². The van der Waals surface area contributed by atoms with Crippen LogP contribution in [0.15, 0.2) is 6.07 Å². The second kappa shape index (κ2) is 6.36. The van der Waals surface area contributed by atoms with E-state index in [4.69, 9.17) is 28.9 Å². The van der Waals surface area contributed by atoms with Crippen LogP contribution in [0.5, 0.6) is 0 Å². The maximum absolute atomic E-state index is 11.9. The molecule has 18 heavy (non-hydrogen) atoms. The van der Waals surface area contributed by atoms with Gasteiger partial charge in [-0.15, -0.1) is 0 Å². The van der Waals surface area contributed by atoms with Crippen LogP contribution in [0.3, 0.4) is 0 Å². The number of carbonyl (C=O) groups excluding carboxylic acids is 1. The van der Waals surface area contributed by atoms with Crippen molar-refractivity contribution in [2.75, 3.05) is 5.32 Å². The van der Waals surface area contributed by atoms with E-state index >= 15 is 0 Å². The Bertz CT molecular complexity index is 428. The van der Waals surface area contributed by atoms with Crippen LogP contribution in [0.2, 0.25) is 10.3 Å². The largest absolute Gasteiger partial charge is 0.322 e. The van der Waals surface area contributed by atoms with Gasteiger partial charge in [-0.2, -0.15) is 0 Å².